The number of rotatable bonds is 3. The summed E-state index contributed by atoms with van der Waals surface area (Å²) in [5.41, 5.74) is 0.0173. The molecule has 0 amide bonds. The van der Waals surface area contributed by atoms with Gasteiger partial charge < -0.3 is 5.11 Å². The van der Waals surface area contributed by atoms with Crippen molar-refractivity contribution in [2.24, 2.45) is 7.05 Å². The molecular formula is C10H10ClN3O3S. The normalized spacial score (nSPS) is 11.4. The second-order valence-corrected chi connectivity index (χ2v) is 5.63. The summed E-state index contributed by atoms with van der Waals surface area (Å²) in [6.45, 7) is 0. The van der Waals surface area contributed by atoms with E-state index in [-0.39, 0.29) is 16.5 Å². The summed E-state index contributed by atoms with van der Waals surface area (Å²) in [6, 6.07) is 5.44. The third kappa shape index (κ3) is 2.41. The Bertz CT molecular complexity index is 681. The molecule has 0 radical (unpaired) electrons. The van der Waals surface area contributed by atoms with E-state index in [9.17, 15) is 13.5 Å². The highest BCUT2D eigenvalue weighted by Crippen LogP contribution is 2.28. The molecule has 0 aliphatic heterocycles. The Kier molecular flexibility index (Phi) is 3.18. The number of nitrogens with zero attached hydrogens (tertiary/aromatic N) is 2. The van der Waals surface area contributed by atoms with Gasteiger partial charge >= 0.3 is 0 Å². The first kappa shape index (κ1) is 12.7. The molecule has 18 heavy (non-hydrogen) atoms. The molecule has 0 bridgehead atoms. The zero-order chi connectivity index (χ0) is 13.3. The molecule has 6 nitrogen and oxygen atoms in total. The van der Waals surface area contributed by atoms with E-state index >= 15 is 0 Å². The van der Waals surface area contributed by atoms with Crippen LogP contribution in [0.2, 0.25) is 5.02 Å². The largest absolute Gasteiger partial charge is 0.506 e. The van der Waals surface area contributed by atoms with Crippen LogP contribution in [-0.4, -0.2) is 23.3 Å². The number of aromatic nitrogens is 2. The number of aryl methyl sites for hydroxylation is 1. The summed E-state index contributed by atoms with van der Waals surface area (Å²) in [5, 5.41) is 13.6. The second-order valence-electron chi connectivity index (χ2n) is 3.56. The van der Waals surface area contributed by atoms with Gasteiger partial charge in [0.2, 0.25) is 0 Å². The Balaban J connectivity index is 2.40. The summed E-state index contributed by atoms with van der Waals surface area (Å²) >= 11 is 5.74. The summed E-state index contributed by atoms with van der Waals surface area (Å²) < 4.78 is 27.5. The van der Waals surface area contributed by atoms with Crippen molar-refractivity contribution >= 4 is 27.3 Å². The maximum Gasteiger partial charge on any atom is 0.279 e. The molecule has 0 spiro atoms. The van der Waals surface area contributed by atoms with E-state index in [0.717, 1.165) is 0 Å². The van der Waals surface area contributed by atoms with Gasteiger partial charge in [0.05, 0.1) is 11.9 Å². The zero-order valence-corrected chi connectivity index (χ0v) is 10.9. The standard InChI is InChI=1S/C10H10ClN3O3S/c1-14-10(4-5-12-14)18(16,17)13-8-6-7(11)2-3-9(8)15/h2-6,13,15H,1H3. The van der Waals surface area contributed by atoms with Gasteiger partial charge in [-0.05, 0) is 24.3 Å². The lowest BCUT2D eigenvalue weighted by atomic mass is 10.3. The van der Waals surface area contributed by atoms with E-state index in [2.05, 4.69) is 9.82 Å². The van der Waals surface area contributed by atoms with E-state index in [0.29, 0.717) is 5.02 Å². The number of benzene rings is 1. The maximum atomic E-state index is 12.0. The van der Waals surface area contributed by atoms with Crippen LogP contribution in [0.3, 0.4) is 0 Å². The van der Waals surface area contributed by atoms with Gasteiger partial charge in [-0.25, -0.2) is 0 Å². The molecule has 1 heterocycles. The first-order chi connectivity index (χ1) is 8.40. The number of anilines is 1. The third-order valence-corrected chi connectivity index (χ3v) is 3.93. The molecule has 0 aliphatic carbocycles. The predicted molar refractivity (Wildman–Crippen MR) is 67.1 cm³/mol. The summed E-state index contributed by atoms with van der Waals surface area (Å²) in [6.07, 6.45) is 1.37. The fourth-order valence-electron chi connectivity index (χ4n) is 1.41. The van der Waals surface area contributed by atoms with Gasteiger partial charge in [-0.15, -0.1) is 0 Å². The number of nitrogens with one attached hydrogen (secondary N) is 1. The molecule has 0 saturated heterocycles. The SMILES string of the molecule is Cn1nccc1S(=O)(=O)Nc1cc(Cl)ccc1O. The van der Waals surface area contributed by atoms with Crippen LogP contribution in [0.25, 0.3) is 0 Å². The lowest BCUT2D eigenvalue weighted by molar-refractivity contribution is 0.477. The molecule has 8 heteroatoms. The van der Waals surface area contributed by atoms with E-state index in [1.54, 1.807) is 0 Å². The molecule has 96 valence electrons. The van der Waals surface area contributed by atoms with Crippen LogP contribution in [0, 0.1) is 0 Å². The van der Waals surface area contributed by atoms with Crippen molar-refractivity contribution in [3.63, 3.8) is 0 Å². The number of aromatic hydroxyl groups is 1. The first-order valence-electron chi connectivity index (χ1n) is 4.89. The highest BCUT2D eigenvalue weighted by Gasteiger charge is 2.19. The van der Waals surface area contributed by atoms with Crippen molar-refractivity contribution in [1.82, 2.24) is 9.78 Å². The number of hydrogen-bond donors (Lipinski definition) is 2. The minimum absolute atomic E-state index is 0.0122. The Morgan fingerprint density at radius 1 is 1.39 bits per heavy atom. The van der Waals surface area contributed by atoms with Crippen molar-refractivity contribution in [3.05, 3.63) is 35.5 Å². The van der Waals surface area contributed by atoms with Crippen molar-refractivity contribution in [3.8, 4) is 5.75 Å². The van der Waals surface area contributed by atoms with Crippen molar-refractivity contribution in [2.45, 2.75) is 5.03 Å². The van der Waals surface area contributed by atoms with Gasteiger partial charge in [0.15, 0.2) is 5.03 Å². The summed E-state index contributed by atoms with van der Waals surface area (Å²) in [4.78, 5) is 0. The Morgan fingerprint density at radius 2 is 2.11 bits per heavy atom. The molecule has 1 aromatic heterocycles. The summed E-state index contributed by atoms with van der Waals surface area (Å²) in [7, 11) is -2.30. The average Bonchev–Trinajstić information content (AvgIpc) is 2.70. The number of phenols is 1. The van der Waals surface area contributed by atoms with Crippen LogP contribution in [0.1, 0.15) is 0 Å². The zero-order valence-electron chi connectivity index (χ0n) is 9.33. The molecule has 0 fully saturated rings. The van der Waals surface area contributed by atoms with Crippen LogP contribution < -0.4 is 4.72 Å². The van der Waals surface area contributed by atoms with E-state index < -0.39 is 10.0 Å². The van der Waals surface area contributed by atoms with Crippen molar-refractivity contribution in [1.29, 1.82) is 0 Å². The number of phenolic OH excluding ortho intramolecular Hbond substituents is 1. The molecule has 0 atom stereocenters. The first-order valence-corrected chi connectivity index (χ1v) is 6.75. The van der Waals surface area contributed by atoms with Gasteiger partial charge in [0.25, 0.3) is 10.0 Å². The lowest BCUT2D eigenvalue weighted by Gasteiger charge is -2.09. The molecule has 0 unspecified atom stereocenters. The third-order valence-electron chi connectivity index (χ3n) is 2.25. The number of sulfonamides is 1. The monoisotopic (exact) mass is 287 g/mol. The van der Waals surface area contributed by atoms with Crippen LogP contribution in [0.15, 0.2) is 35.5 Å². The molecule has 2 N–H and O–H groups in total. The Morgan fingerprint density at radius 3 is 2.72 bits per heavy atom. The minimum atomic E-state index is -3.81. The fourth-order valence-corrected chi connectivity index (χ4v) is 2.78. The Hall–Kier alpha value is -1.73. The van der Waals surface area contributed by atoms with Gasteiger partial charge in [0, 0.05) is 12.1 Å². The molecule has 1 aromatic carbocycles. The van der Waals surface area contributed by atoms with Crippen molar-refractivity contribution < 1.29 is 13.5 Å². The van der Waals surface area contributed by atoms with Gasteiger partial charge in [0.1, 0.15) is 5.75 Å². The summed E-state index contributed by atoms with van der Waals surface area (Å²) in [5.74, 6) is -0.204. The average molecular weight is 288 g/mol. The number of halogens is 1. The Labute approximate surface area is 109 Å². The van der Waals surface area contributed by atoms with Gasteiger partial charge in [-0.1, -0.05) is 11.6 Å². The molecule has 0 aliphatic rings. The lowest BCUT2D eigenvalue weighted by Crippen LogP contribution is -2.16. The quantitative estimate of drug-likeness (QED) is 0.840. The highest BCUT2D eigenvalue weighted by atomic mass is 35.5. The maximum absolute atomic E-state index is 12.0. The fraction of sp³-hybridized carbons (Fsp3) is 0.100. The molecule has 2 rings (SSSR count). The van der Waals surface area contributed by atoms with Crippen LogP contribution in [0.5, 0.6) is 5.75 Å². The van der Waals surface area contributed by atoms with Crippen LogP contribution in [0.4, 0.5) is 5.69 Å². The molecule has 0 saturated carbocycles. The predicted octanol–water partition coefficient (Wildman–Crippen LogP) is 1.58. The van der Waals surface area contributed by atoms with E-state index in [1.165, 1.54) is 42.2 Å². The highest BCUT2D eigenvalue weighted by molar-refractivity contribution is 7.92. The van der Waals surface area contributed by atoms with E-state index in [1.807, 2.05) is 0 Å². The van der Waals surface area contributed by atoms with Gasteiger partial charge in [-0.3, -0.25) is 9.40 Å². The van der Waals surface area contributed by atoms with Crippen LogP contribution >= 0.6 is 11.6 Å². The van der Waals surface area contributed by atoms with E-state index in [4.69, 9.17) is 11.6 Å². The van der Waals surface area contributed by atoms with Crippen LogP contribution in [-0.2, 0) is 17.1 Å². The number of hydrogen-bond acceptors (Lipinski definition) is 4. The molecule has 2 aromatic rings. The second kappa shape index (κ2) is 4.51. The smallest absolute Gasteiger partial charge is 0.279 e. The minimum Gasteiger partial charge on any atom is -0.506 e. The van der Waals surface area contributed by atoms with Gasteiger partial charge in [-0.2, -0.15) is 13.5 Å². The molecular weight excluding hydrogens is 278 g/mol. The topological polar surface area (TPSA) is 84.2 Å². The van der Waals surface area contributed by atoms with Crippen molar-refractivity contribution in [2.75, 3.05) is 4.72 Å².